The van der Waals surface area contributed by atoms with Gasteiger partial charge in [-0.05, 0) is 19.5 Å². The van der Waals surface area contributed by atoms with Crippen molar-refractivity contribution >= 4 is 28.0 Å². The molecule has 0 aromatic heterocycles. The number of amides is 2. The number of nitrogens with zero attached hydrogens (tertiary/aromatic N) is 2. The van der Waals surface area contributed by atoms with Crippen molar-refractivity contribution in [1.82, 2.24) is 15.1 Å². The molecule has 0 unspecified atom stereocenters. The van der Waals surface area contributed by atoms with Crippen LogP contribution in [0.25, 0.3) is 0 Å². The fourth-order valence-corrected chi connectivity index (χ4v) is 17.1. The van der Waals surface area contributed by atoms with Gasteiger partial charge in [-0.3, -0.25) is 9.59 Å². The Kier molecular flexibility index (Phi) is 5.13. The molecule has 2 amide bonds. The summed E-state index contributed by atoms with van der Waals surface area (Å²) in [5, 5.41) is 3.38. The molecule has 1 fully saturated rings. The van der Waals surface area contributed by atoms with E-state index in [-0.39, 0.29) is 11.8 Å². The molecule has 2 aliphatic heterocycles. The second-order valence-electron chi connectivity index (χ2n) is 9.76. The molecule has 0 aromatic rings. The van der Waals surface area contributed by atoms with Crippen molar-refractivity contribution < 1.29 is 9.59 Å². The Balaban J connectivity index is 2.11. The predicted molar refractivity (Wildman–Crippen MR) is 108 cm³/mol. The summed E-state index contributed by atoms with van der Waals surface area (Å²) in [5.41, 5.74) is -0.0701. The quantitative estimate of drug-likeness (QED) is 0.590. The highest BCUT2D eigenvalue weighted by molar-refractivity contribution is 6.96. The van der Waals surface area contributed by atoms with Gasteiger partial charge < -0.3 is 15.1 Å². The van der Waals surface area contributed by atoms with E-state index in [9.17, 15) is 9.59 Å². The summed E-state index contributed by atoms with van der Waals surface area (Å²) < 4.78 is 0. The third-order valence-corrected chi connectivity index (χ3v) is 14.0. The lowest BCUT2D eigenvalue weighted by Crippen LogP contribution is -2.80. The van der Waals surface area contributed by atoms with Crippen LogP contribution in [0.15, 0.2) is 24.0 Å². The van der Waals surface area contributed by atoms with Gasteiger partial charge in [0.05, 0.1) is 22.7 Å². The number of nitrogens with one attached hydrogen (secondary N) is 1. The van der Waals surface area contributed by atoms with Crippen LogP contribution in [0, 0.1) is 0 Å². The van der Waals surface area contributed by atoms with E-state index in [1.54, 1.807) is 0 Å². The maximum atomic E-state index is 13.0. The van der Waals surface area contributed by atoms with Crippen molar-refractivity contribution in [3.8, 4) is 0 Å². The Hall–Kier alpha value is -1.35. The Morgan fingerprint density at radius 1 is 1.20 bits per heavy atom. The zero-order valence-corrected chi connectivity index (χ0v) is 18.9. The zero-order chi connectivity index (χ0) is 19.2. The number of hydrogen-bond acceptors (Lipinski definition) is 3. The van der Waals surface area contributed by atoms with E-state index in [0.717, 1.165) is 0 Å². The number of likely N-dealkylation sites (tertiary alicyclic amines) is 1. The molecule has 0 saturated carbocycles. The van der Waals surface area contributed by atoms with E-state index in [4.69, 9.17) is 0 Å². The largest absolute Gasteiger partial charge is 0.357 e. The third-order valence-electron chi connectivity index (χ3n) is 4.89. The second kappa shape index (κ2) is 6.43. The van der Waals surface area contributed by atoms with Gasteiger partial charge >= 0.3 is 0 Å². The topological polar surface area (TPSA) is 52.7 Å². The first kappa shape index (κ1) is 20.0. The molecule has 0 aliphatic carbocycles. The Morgan fingerprint density at radius 3 is 2.20 bits per heavy atom. The van der Waals surface area contributed by atoms with Gasteiger partial charge in [0.25, 0.3) is 0 Å². The van der Waals surface area contributed by atoms with Crippen LogP contribution >= 0.6 is 0 Å². The maximum absolute atomic E-state index is 13.0. The highest BCUT2D eigenvalue weighted by Gasteiger charge is 2.56. The van der Waals surface area contributed by atoms with Crippen LogP contribution < -0.4 is 5.32 Å². The summed E-state index contributed by atoms with van der Waals surface area (Å²) >= 11 is 0. The minimum Gasteiger partial charge on any atom is -0.357 e. The van der Waals surface area contributed by atoms with E-state index in [2.05, 4.69) is 49.5 Å². The second-order valence-corrected chi connectivity index (χ2v) is 20.9. The summed E-state index contributed by atoms with van der Waals surface area (Å²) in [4.78, 5) is 29.5. The van der Waals surface area contributed by atoms with E-state index in [0.29, 0.717) is 23.8 Å². The molecule has 25 heavy (non-hydrogen) atoms. The number of carbonyl (C=O) groups excluding carboxylic acids is 2. The molecule has 0 radical (unpaired) electrons. The summed E-state index contributed by atoms with van der Waals surface area (Å²) in [6.45, 7) is 16.5. The smallest absolute Gasteiger partial charge is 0.249 e. The van der Waals surface area contributed by atoms with E-state index < -0.39 is 21.7 Å². The zero-order valence-electron chi connectivity index (χ0n) is 16.9. The molecule has 7 heteroatoms. The van der Waals surface area contributed by atoms with E-state index >= 15 is 0 Å². The number of β-lactam (4-membered cyclic amide) rings is 1. The summed E-state index contributed by atoms with van der Waals surface area (Å²) in [6.07, 6.45) is 6.32. The minimum absolute atomic E-state index is 0.0796. The van der Waals surface area contributed by atoms with Gasteiger partial charge in [0.2, 0.25) is 11.8 Å². The number of carbonyl (C=O) groups is 2. The predicted octanol–water partition coefficient (Wildman–Crippen LogP) is 2.56. The molecule has 5 nitrogen and oxygen atoms in total. The molecule has 2 aliphatic rings. The summed E-state index contributed by atoms with van der Waals surface area (Å²) in [7, 11) is -1.13. The van der Waals surface area contributed by atoms with Gasteiger partial charge in [-0.15, -0.1) is 0 Å². The van der Waals surface area contributed by atoms with Crippen LogP contribution in [0.1, 0.15) is 13.3 Å². The van der Waals surface area contributed by atoms with Crippen LogP contribution in [0.5, 0.6) is 0 Å². The van der Waals surface area contributed by atoms with Crippen molar-refractivity contribution in [3.05, 3.63) is 24.0 Å². The fourth-order valence-electron chi connectivity index (χ4n) is 4.41. The average Bonchev–Trinajstić information content (AvgIpc) is 2.43. The van der Waals surface area contributed by atoms with Gasteiger partial charge in [0.1, 0.15) is 5.54 Å². The van der Waals surface area contributed by atoms with Crippen molar-refractivity contribution in [2.45, 2.75) is 63.5 Å². The van der Waals surface area contributed by atoms with Crippen LogP contribution in [-0.2, 0) is 9.59 Å². The molecule has 2 heterocycles. The summed E-state index contributed by atoms with van der Waals surface area (Å²) in [5.74, 6) is -0.0553. The molecular formula is C18H33N3O2Si2. The van der Waals surface area contributed by atoms with E-state index in [1.807, 2.05) is 37.3 Å². The molecule has 2 rings (SSSR count). The first-order valence-corrected chi connectivity index (χ1v) is 16.1. The molecule has 0 aromatic carbocycles. The maximum Gasteiger partial charge on any atom is 0.249 e. The van der Waals surface area contributed by atoms with Crippen LogP contribution in [0.3, 0.4) is 0 Å². The van der Waals surface area contributed by atoms with Gasteiger partial charge in [0.15, 0.2) is 0 Å². The highest BCUT2D eigenvalue weighted by atomic mass is 28.4. The van der Waals surface area contributed by atoms with Crippen molar-refractivity contribution in [2.75, 3.05) is 13.6 Å². The first-order valence-electron chi connectivity index (χ1n) is 8.98. The van der Waals surface area contributed by atoms with Crippen molar-refractivity contribution in [1.29, 1.82) is 0 Å². The molecule has 1 atom stereocenters. The first-order chi connectivity index (χ1) is 11.3. The average molecular weight is 380 g/mol. The van der Waals surface area contributed by atoms with Gasteiger partial charge in [-0.1, -0.05) is 45.4 Å². The monoisotopic (exact) mass is 379 g/mol. The molecule has 0 bridgehead atoms. The van der Waals surface area contributed by atoms with Gasteiger partial charge in [-0.2, -0.15) is 0 Å². The Bertz CT molecular complexity index is 617. The molecular weight excluding hydrogens is 346 g/mol. The Labute approximate surface area is 154 Å². The molecule has 0 spiro atoms. The number of allylic oxidation sites excluding steroid dienone is 1. The normalized spacial score (nSPS) is 24.4. The van der Waals surface area contributed by atoms with Gasteiger partial charge in [0, 0.05) is 24.1 Å². The van der Waals surface area contributed by atoms with Crippen molar-refractivity contribution in [3.63, 3.8) is 0 Å². The molecule has 140 valence electrons. The lowest BCUT2D eigenvalue weighted by atomic mass is 9.91. The summed E-state index contributed by atoms with van der Waals surface area (Å²) in [6, 6.07) is 0. The molecule has 1 N–H and O–H groups in total. The SMILES string of the molecule is CN1C=CCC(C(=O)N[C@]2(C)CN(C([Si](C)(C)C)[Si](C)(C)C)C2=O)=C1. The van der Waals surface area contributed by atoms with Crippen molar-refractivity contribution in [2.24, 2.45) is 0 Å². The van der Waals surface area contributed by atoms with Crippen LogP contribution in [0.4, 0.5) is 0 Å². The standard InChI is InChI=1S/C18H33N3O2Si2/c1-18(19-15(22)14-10-9-11-20(2)12-14)13-21(16(18)23)17(24(3,4)5)25(6,7)8/h9,11-12,17H,10,13H2,1-8H3,(H,19,22)/t18-/m1/s1. The lowest BCUT2D eigenvalue weighted by molar-refractivity contribution is -0.154. The third kappa shape index (κ3) is 4.08. The lowest BCUT2D eigenvalue weighted by Gasteiger charge is -2.56. The van der Waals surface area contributed by atoms with E-state index in [1.165, 1.54) is 0 Å². The minimum atomic E-state index is -1.51. The van der Waals surface area contributed by atoms with Gasteiger partial charge in [-0.25, -0.2) is 0 Å². The Morgan fingerprint density at radius 2 is 1.76 bits per heavy atom. The number of hydrogen-bond donors (Lipinski definition) is 1. The highest BCUT2D eigenvalue weighted by Crippen LogP contribution is 2.33. The van der Waals surface area contributed by atoms with Crippen LogP contribution in [-0.4, -0.2) is 62.2 Å². The number of rotatable bonds is 5. The molecule has 1 saturated heterocycles. The van der Waals surface area contributed by atoms with Crippen LogP contribution in [0.2, 0.25) is 39.3 Å². The fraction of sp³-hybridized carbons (Fsp3) is 0.667.